The van der Waals surface area contributed by atoms with Crippen LogP contribution in [0.4, 0.5) is 5.82 Å². The van der Waals surface area contributed by atoms with Gasteiger partial charge < -0.3 is 9.32 Å². The highest BCUT2D eigenvalue weighted by atomic mass is 32.2. The molecule has 148 valence electrons. The van der Waals surface area contributed by atoms with E-state index in [2.05, 4.69) is 4.90 Å². The number of hydrogen-bond acceptors (Lipinski definition) is 5. The van der Waals surface area contributed by atoms with E-state index >= 15 is 0 Å². The molecule has 1 aromatic carbocycles. The van der Waals surface area contributed by atoms with E-state index in [-0.39, 0.29) is 0 Å². The quantitative estimate of drug-likeness (QED) is 0.606. The molecule has 2 aromatic heterocycles. The van der Waals surface area contributed by atoms with Gasteiger partial charge >= 0.3 is 0 Å². The van der Waals surface area contributed by atoms with Gasteiger partial charge in [-0.05, 0) is 61.7 Å². The number of fused-ring (bicyclic) bond motifs is 1. The van der Waals surface area contributed by atoms with Crippen LogP contribution in [0.3, 0.4) is 0 Å². The summed E-state index contributed by atoms with van der Waals surface area (Å²) in [5.41, 5.74) is 0.802. The van der Waals surface area contributed by atoms with E-state index in [1.165, 1.54) is 0 Å². The molecule has 0 aliphatic carbocycles. The van der Waals surface area contributed by atoms with Crippen molar-refractivity contribution < 1.29 is 12.8 Å². The number of rotatable bonds is 7. The summed E-state index contributed by atoms with van der Waals surface area (Å²) < 4.78 is 32.5. The molecule has 0 spiro atoms. The van der Waals surface area contributed by atoms with E-state index in [9.17, 15) is 8.42 Å². The molecular weight excluding hydrogens is 374 g/mol. The summed E-state index contributed by atoms with van der Waals surface area (Å²) in [6.45, 7) is 2.08. The normalized spacial score (nSPS) is 15.3. The Morgan fingerprint density at radius 1 is 1.14 bits per heavy atom. The molecule has 1 saturated heterocycles. The molecule has 1 aliphatic rings. The maximum atomic E-state index is 12.8. The van der Waals surface area contributed by atoms with Gasteiger partial charge in [0.25, 0.3) is 0 Å². The van der Waals surface area contributed by atoms with E-state index in [1.54, 1.807) is 28.8 Å². The minimum atomic E-state index is -3.40. The van der Waals surface area contributed by atoms with Gasteiger partial charge in [-0.1, -0.05) is 0 Å². The third-order valence-electron chi connectivity index (χ3n) is 5.24. The van der Waals surface area contributed by atoms with Gasteiger partial charge in [-0.25, -0.2) is 13.4 Å². The predicted octanol–water partition coefficient (Wildman–Crippen LogP) is 3.68. The highest BCUT2D eigenvalue weighted by Crippen LogP contribution is 2.25. The number of benzene rings is 1. The van der Waals surface area contributed by atoms with Gasteiger partial charge in [0, 0.05) is 38.5 Å². The average molecular weight is 400 g/mol. The van der Waals surface area contributed by atoms with Gasteiger partial charge in [0.2, 0.25) is 10.0 Å². The predicted molar refractivity (Wildman–Crippen MR) is 110 cm³/mol. The molecule has 4 rings (SSSR count). The van der Waals surface area contributed by atoms with Crippen LogP contribution in [0.25, 0.3) is 10.9 Å². The zero-order chi connectivity index (χ0) is 19.6. The fourth-order valence-electron chi connectivity index (χ4n) is 3.60. The minimum Gasteiger partial charge on any atom is -0.469 e. The first-order valence-electron chi connectivity index (χ1n) is 9.68. The number of aryl methyl sites for hydroxylation is 1. The lowest BCUT2D eigenvalue weighted by Gasteiger charge is -2.19. The molecule has 6 nitrogen and oxygen atoms in total. The van der Waals surface area contributed by atoms with Crippen molar-refractivity contribution in [3.8, 4) is 0 Å². The average Bonchev–Trinajstić information content (AvgIpc) is 3.41. The maximum absolute atomic E-state index is 12.8. The van der Waals surface area contributed by atoms with E-state index in [0.717, 1.165) is 54.7 Å². The third-order valence-corrected chi connectivity index (χ3v) is 7.13. The van der Waals surface area contributed by atoms with Crippen LogP contribution < -0.4 is 4.90 Å². The molecule has 0 bridgehead atoms. The van der Waals surface area contributed by atoms with Crippen LogP contribution in [0.15, 0.2) is 58.0 Å². The summed E-state index contributed by atoms with van der Waals surface area (Å²) >= 11 is 0. The Bertz CT molecular complexity index is 1040. The van der Waals surface area contributed by atoms with Crippen LogP contribution in [0.5, 0.6) is 0 Å². The Labute approximate surface area is 165 Å². The first-order chi connectivity index (χ1) is 13.5. The van der Waals surface area contributed by atoms with E-state index in [1.807, 2.05) is 31.3 Å². The van der Waals surface area contributed by atoms with Crippen molar-refractivity contribution in [2.24, 2.45) is 0 Å². The summed E-state index contributed by atoms with van der Waals surface area (Å²) in [7, 11) is -1.39. The molecule has 0 unspecified atom stereocenters. The molecule has 0 N–H and O–H groups in total. The summed E-state index contributed by atoms with van der Waals surface area (Å²) in [6.07, 6.45) is 5.43. The van der Waals surface area contributed by atoms with Crippen LogP contribution >= 0.6 is 0 Å². The summed E-state index contributed by atoms with van der Waals surface area (Å²) in [6, 6.07) is 13.0. The van der Waals surface area contributed by atoms with Gasteiger partial charge in [0.05, 0.1) is 16.7 Å². The van der Waals surface area contributed by atoms with Crippen molar-refractivity contribution in [2.75, 3.05) is 31.6 Å². The molecule has 3 aromatic rings. The topological polar surface area (TPSA) is 66.7 Å². The SMILES string of the molecule is CN(CCCc1ccco1)c1ccc2cc(S(=O)(=O)N3CCCC3)ccc2n1. The van der Waals surface area contributed by atoms with Gasteiger partial charge in [0.1, 0.15) is 11.6 Å². The highest BCUT2D eigenvalue weighted by Gasteiger charge is 2.27. The van der Waals surface area contributed by atoms with Crippen molar-refractivity contribution in [3.63, 3.8) is 0 Å². The zero-order valence-electron chi connectivity index (χ0n) is 16.0. The molecule has 1 fully saturated rings. The monoisotopic (exact) mass is 399 g/mol. The second-order valence-corrected chi connectivity index (χ2v) is 9.18. The van der Waals surface area contributed by atoms with Crippen molar-refractivity contribution in [3.05, 3.63) is 54.5 Å². The van der Waals surface area contributed by atoms with Crippen molar-refractivity contribution in [1.82, 2.24) is 9.29 Å². The summed E-state index contributed by atoms with van der Waals surface area (Å²) in [5.74, 6) is 1.87. The fraction of sp³-hybridized carbons (Fsp3) is 0.381. The largest absolute Gasteiger partial charge is 0.469 e. The lowest BCUT2D eigenvalue weighted by atomic mass is 10.2. The lowest BCUT2D eigenvalue weighted by molar-refractivity contribution is 0.477. The Morgan fingerprint density at radius 3 is 2.71 bits per heavy atom. The first kappa shape index (κ1) is 19.0. The molecule has 1 aliphatic heterocycles. The third kappa shape index (κ3) is 3.91. The van der Waals surface area contributed by atoms with Crippen molar-refractivity contribution in [2.45, 2.75) is 30.6 Å². The van der Waals surface area contributed by atoms with Crippen LogP contribution in [0.1, 0.15) is 25.0 Å². The molecule has 0 amide bonds. The minimum absolute atomic E-state index is 0.350. The van der Waals surface area contributed by atoms with E-state index in [4.69, 9.17) is 9.40 Å². The van der Waals surface area contributed by atoms with E-state index < -0.39 is 10.0 Å². The maximum Gasteiger partial charge on any atom is 0.243 e. The number of nitrogens with zero attached hydrogens (tertiary/aromatic N) is 3. The molecule has 0 radical (unpaired) electrons. The molecule has 3 heterocycles. The van der Waals surface area contributed by atoms with Gasteiger partial charge in [-0.2, -0.15) is 4.31 Å². The Morgan fingerprint density at radius 2 is 1.96 bits per heavy atom. The van der Waals surface area contributed by atoms with Gasteiger partial charge in [0.15, 0.2) is 0 Å². The fourth-order valence-corrected chi connectivity index (χ4v) is 5.16. The van der Waals surface area contributed by atoms with Crippen LogP contribution in [-0.4, -0.2) is 44.4 Å². The summed E-state index contributed by atoms with van der Waals surface area (Å²) in [4.78, 5) is 7.16. The van der Waals surface area contributed by atoms with E-state index in [0.29, 0.717) is 18.0 Å². The number of aromatic nitrogens is 1. The van der Waals surface area contributed by atoms with Gasteiger partial charge in [-0.15, -0.1) is 0 Å². The number of pyridine rings is 1. The highest BCUT2D eigenvalue weighted by molar-refractivity contribution is 7.89. The second kappa shape index (κ2) is 7.93. The van der Waals surface area contributed by atoms with Crippen molar-refractivity contribution >= 4 is 26.7 Å². The summed E-state index contributed by atoms with van der Waals surface area (Å²) in [5, 5.41) is 0.841. The molecular formula is C21H25N3O3S. The molecule has 0 atom stereocenters. The Kier molecular flexibility index (Phi) is 5.37. The molecule has 28 heavy (non-hydrogen) atoms. The Balaban J connectivity index is 1.48. The number of furan rings is 1. The first-order valence-corrected chi connectivity index (χ1v) is 11.1. The lowest BCUT2D eigenvalue weighted by Crippen LogP contribution is -2.27. The van der Waals surface area contributed by atoms with Crippen LogP contribution in [0.2, 0.25) is 0 Å². The molecule has 7 heteroatoms. The second-order valence-electron chi connectivity index (χ2n) is 7.24. The molecule has 0 saturated carbocycles. The number of hydrogen-bond donors (Lipinski definition) is 0. The van der Waals surface area contributed by atoms with Crippen LogP contribution in [-0.2, 0) is 16.4 Å². The van der Waals surface area contributed by atoms with Crippen LogP contribution in [0, 0.1) is 0 Å². The number of sulfonamides is 1. The van der Waals surface area contributed by atoms with Crippen molar-refractivity contribution in [1.29, 1.82) is 0 Å². The van der Waals surface area contributed by atoms with Gasteiger partial charge in [-0.3, -0.25) is 0 Å². The standard InChI is InChI=1S/C21H25N3O3S/c1-23(12-4-6-18-7-5-15-27-18)21-11-8-17-16-19(9-10-20(17)22-21)28(25,26)24-13-2-3-14-24/h5,7-11,15-16H,2-4,6,12-14H2,1H3. The Hall–Kier alpha value is -2.38. The zero-order valence-corrected chi connectivity index (χ0v) is 16.9. The number of anilines is 1. The smallest absolute Gasteiger partial charge is 0.243 e.